The van der Waals surface area contributed by atoms with Gasteiger partial charge in [0.2, 0.25) is 10.0 Å². The van der Waals surface area contributed by atoms with Crippen molar-refractivity contribution in [3.63, 3.8) is 0 Å². The zero-order valence-electron chi connectivity index (χ0n) is 11.8. The van der Waals surface area contributed by atoms with Crippen molar-refractivity contribution in [3.05, 3.63) is 29.1 Å². The van der Waals surface area contributed by atoms with Crippen LogP contribution in [0.5, 0.6) is 0 Å². The molecule has 0 fully saturated rings. The molecule has 1 rings (SSSR count). The Kier molecular flexibility index (Phi) is 5.82. The molecular formula is C13H18FNO5S. The van der Waals surface area contributed by atoms with Gasteiger partial charge in [-0.1, -0.05) is 6.92 Å². The van der Waals surface area contributed by atoms with Gasteiger partial charge in [0.25, 0.3) is 0 Å². The van der Waals surface area contributed by atoms with Crippen LogP contribution in [0.1, 0.15) is 35.7 Å². The van der Waals surface area contributed by atoms with Gasteiger partial charge in [0.05, 0.1) is 10.5 Å². The molecule has 0 aliphatic heterocycles. The number of nitrogens with one attached hydrogen (secondary N) is 1. The van der Waals surface area contributed by atoms with E-state index in [0.717, 1.165) is 12.1 Å². The standard InChI is InChI=1S/C13H18FNO5S/c1-3-9(4-5-16)15-21(19,20)10-6-8(2)12(14)11(7-10)13(17)18/h6-7,9,15-16H,3-5H2,1-2H3,(H,17,18). The topological polar surface area (TPSA) is 104 Å². The number of sulfonamides is 1. The van der Waals surface area contributed by atoms with E-state index in [1.807, 2.05) is 0 Å². The molecule has 0 saturated heterocycles. The Hall–Kier alpha value is -1.51. The summed E-state index contributed by atoms with van der Waals surface area (Å²) in [6.45, 7) is 2.87. The highest BCUT2D eigenvalue weighted by Gasteiger charge is 2.23. The molecule has 1 atom stereocenters. The lowest BCUT2D eigenvalue weighted by molar-refractivity contribution is 0.0691. The predicted molar refractivity (Wildman–Crippen MR) is 74.2 cm³/mol. The molecule has 118 valence electrons. The molecule has 0 heterocycles. The van der Waals surface area contributed by atoms with Gasteiger partial charge in [0, 0.05) is 12.6 Å². The first kappa shape index (κ1) is 17.5. The van der Waals surface area contributed by atoms with Crippen LogP contribution < -0.4 is 4.72 Å². The van der Waals surface area contributed by atoms with Crippen LogP contribution in [-0.4, -0.2) is 37.2 Å². The molecule has 0 aliphatic rings. The number of aliphatic hydroxyl groups excluding tert-OH is 1. The van der Waals surface area contributed by atoms with Gasteiger partial charge in [-0.25, -0.2) is 22.3 Å². The third kappa shape index (κ3) is 4.23. The number of carbonyl (C=O) groups is 1. The first-order valence-corrected chi connectivity index (χ1v) is 7.87. The van der Waals surface area contributed by atoms with Gasteiger partial charge in [-0.05, 0) is 37.5 Å². The molecule has 0 radical (unpaired) electrons. The number of hydrogen-bond donors (Lipinski definition) is 3. The van der Waals surface area contributed by atoms with E-state index in [9.17, 15) is 17.6 Å². The summed E-state index contributed by atoms with van der Waals surface area (Å²) in [7, 11) is -3.98. The molecular weight excluding hydrogens is 301 g/mol. The Morgan fingerprint density at radius 2 is 2.05 bits per heavy atom. The smallest absolute Gasteiger partial charge is 0.338 e. The summed E-state index contributed by atoms with van der Waals surface area (Å²) < 4.78 is 40.4. The van der Waals surface area contributed by atoms with Gasteiger partial charge in [-0.2, -0.15) is 0 Å². The lowest BCUT2D eigenvalue weighted by atomic mass is 10.1. The van der Waals surface area contributed by atoms with Crippen molar-refractivity contribution in [1.82, 2.24) is 4.72 Å². The predicted octanol–water partition coefficient (Wildman–Crippen LogP) is 1.27. The molecule has 3 N–H and O–H groups in total. The maximum Gasteiger partial charge on any atom is 0.338 e. The summed E-state index contributed by atoms with van der Waals surface area (Å²) in [6.07, 6.45) is 0.702. The van der Waals surface area contributed by atoms with E-state index < -0.39 is 33.4 Å². The molecule has 21 heavy (non-hydrogen) atoms. The molecule has 1 unspecified atom stereocenters. The average Bonchev–Trinajstić information content (AvgIpc) is 2.40. The summed E-state index contributed by atoms with van der Waals surface area (Å²) in [6, 6.07) is 1.40. The van der Waals surface area contributed by atoms with E-state index in [2.05, 4.69) is 4.72 Å². The van der Waals surface area contributed by atoms with E-state index in [0.29, 0.717) is 6.42 Å². The van der Waals surface area contributed by atoms with Crippen molar-refractivity contribution in [2.24, 2.45) is 0 Å². The number of carboxylic acids is 1. The third-order valence-electron chi connectivity index (χ3n) is 3.06. The second kappa shape index (κ2) is 6.97. The van der Waals surface area contributed by atoms with E-state index >= 15 is 0 Å². The molecule has 0 bridgehead atoms. The zero-order chi connectivity index (χ0) is 16.2. The normalized spacial score (nSPS) is 13.1. The maximum absolute atomic E-state index is 13.6. The molecule has 6 nitrogen and oxygen atoms in total. The SMILES string of the molecule is CCC(CCO)NS(=O)(=O)c1cc(C)c(F)c(C(=O)O)c1. The Morgan fingerprint density at radius 3 is 2.52 bits per heavy atom. The molecule has 1 aromatic rings. The van der Waals surface area contributed by atoms with Crippen molar-refractivity contribution in [3.8, 4) is 0 Å². The monoisotopic (exact) mass is 319 g/mol. The van der Waals surface area contributed by atoms with E-state index in [1.165, 1.54) is 6.92 Å². The minimum absolute atomic E-state index is 0.0644. The second-order valence-corrected chi connectivity index (χ2v) is 6.36. The first-order valence-electron chi connectivity index (χ1n) is 6.39. The van der Waals surface area contributed by atoms with Crippen molar-refractivity contribution < 1.29 is 27.8 Å². The van der Waals surface area contributed by atoms with Crippen LogP contribution in [0.2, 0.25) is 0 Å². The summed E-state index contributed by atoms with van der Waals surface area (Å²) >= 11 is 0. The number of rotatable bonds is 7. The molecule has 0 aliphatic carbocycles. The van der Waals surface area contributed by atoms with E-state index in [-0.39, 0.29) is 23.5 Å². The van der Waals surface area contributed by atoms with Crippen molar-refractivity contribution in [2.75, 3.05) is 6.61 Å². The molecule has 0 amide bonds. The number of halogens is 1. The van der Waals surface area contributed by atoms with Crippen molar-refractivity contribution >= 4 is 16.0 Å². The lowest BCUT2D eigenvalue weighted by Gasteiger charge is -2.16. The van der Waals surface area contributed by atoms with Gasteiger partial charge in [-0.15, -0.1) is 0 Å². The van der Waals surface area contributed by atoms with Crippen LogP contribution in [-0.2, 0) is 10.0 Å². The van der Waals surface area contributed by atoms with Crippen molar-refractivity contribution in [2.45, 2.75) is 37.6 Å². The Morgan fingerprint density at radius 1 is 1.43 bits per heavy atom. The quantitative estimate of drug-likeness (QED) is 0.702. The van der Waals surface area contributed by atoms with Gasteiger partial charge in [-0.3, -0.25) is 0 Å². The summed E-state index contributed by atoms with van der Waals surface area (Å²) in [5, 5.41) is 17.8. The molecule has 0 spiro atoms. The average molecular weight is 319 g/mol. The van der Waals surface area contributed by atoms with E-state index in [4.69, 9.17) is 10.2 Å². The fourth-order valence-electron chi connectivity index (χ4n) is 1.84. The minimum Gasteiger partial charge on any atom is -0.478 e. The first-order chi connectivity index (χ1) is 9.72. The van der Waals surface area contributed by atoms with Crippen molar-refractivity contribution in [1.29, 1.82) is 0 Å². The van der Waals surface area contributed by atoms with Crippen LogP contribution in [0.4, 0.5) is 4.39 Å². The highest BCUT2D eigenvalue weighted by Crippen LogP contribution is 2.20. The number of aromatic carboxylic acids is 1. The van der Waals surface area contributed by atoms with Crippen LogP contribution in [0.25, 0.3) is 0 Å². The summed E-state index contributed by atoms with van der Waals surface area (Å²) in [5.74, 6) is -2.49. The van der Waals surface area contributed by atoms with Gasteiger partial charge in [0.1, 0.15) is 5.82 Å². The zero-order valence-corrected chi connectivity index (χ0v) is 12.6. The van der Waals surface area contributed by atoms with E-state index in [1.54, 1.807) is 6.92 Å². The number of carboxylic acid groups (broad SMARTS) is 1. The molecule has 1 aromatic carbocycles. The fraction of sp³-hybridized carbons (Fsp3) is 0.462. The van der Waals surface area contributed by atoms with Crippen LogP contribution in [0.15, 0.2) is 17.0 Å². The number of hydrogen-bond acceptors (Lipinski definition) is 4. The Bertz CT molecular complexity index is 630. The Labute approximate surface area is 122 Å². The highest BCUT2D eigenvalue weighted by atomic mass is 32.2. The summed E-state index contributed by atoms with van der Waals surface area (Å²) in [5.41, 5.74) is -0.754. The highest BCUT2D eigenvalue weighted by molar-refractivity contribution is 7.89. The van der Waals surface area contributed by atoms with Gasteiger partial charge < -0.3 is 10.2 Å². The number of benzene rings is 1. The van der Waals surface area contributed by atoms with Gasteiger partial charge in [0.15, 0.2) is 0 Å². The molecule has 0 aromatic heterocycles. The summed E-state index contributed by atoms with van der Waals surface area (Å²) in [4.78, 5) is 10.6. The number of aliphatic hydroxyl groups is 1. The number of aryl methyl sites for hydroxylation is 1. The maximum atomic E-state index is 13.6. The lowest BCUT2D eigenvalue weighted by Crippen LogP contribution is -2.35. The fourth-order valence-corrected chi connectivity index (χ4v) is 3.30. The van der Waals surface area contributed by atoms with Gasteiger partial charge >= 0.3 is 5.97 Å². The Balaban J connectivity index is 3.23. The van der Waals surface area contributed by atoms with Crippen LogP contribution >= 0.6 is 0 Å². The van der Waals surface area contributed by atoms with Crippen LogP contribution in [0, 0.1) is 12.7 Å². The minimum atomic E-state index is -3.98. The third-order valence-corrected chi connectivity index (χ3v) is 4.56. The van der Waals surface area contributed by atoms with Crippen LogP contribution in [0.3, 0.4) is 0 Å². The largest absolute Gasteiger partial charge is 0.478 e. The molecule has 8 heteroatoms. The second-order valence-electron chi connectivity index (χ2n) is 4.65. The molecule has 0 saturated carbocycles.